The second-order valence-corrected chi connectivity index (χ2v) is 4.37. The van der Waals surface area contributed by atoms with Crippen LogP contribution < -0.4 is 5.32 Å². The quantitative estimate of drug-likeness (QED) is 0.774. The summed E-state index contributed by atoms with van der Waals surface area (Å²) in [5.41, 5.74) is 1.29. The number of benzene rings is 1. The minimum atomic E-state index is 0.564. The van der Waals surface area contributed by atoms with Gasteiger partial charge in [-0.2, -0.15) is 0 Å². The van der Waals surface area contributed by atoms with Crippen LogP contribution in [-0.4, -0.2) is 12.1 Å². The number of hydrogen-bond donors (Lipinski definition) is 1. The molecule has 80 valence electrons. The van der Waals surface area contributed by atoms with Gasteiger partial charge in [0.15, 0.2) is 0 Å². The third kappa shape index (κ3) is 3.21. The van der Waals surface area contributed by atoms with Crippen LogP contribution in [0, 0.1) is 0 Å². The van der Waals surface area contributed by atoms with Crippen molar-refractivity contribution in [2.45, 2.75) is 38.3 Å². The van der Waals surface area contributed by atoms with Gasteiger partial charge in [-0.25, -0.2) is 0 Å². The largest absolute Gasteiger partial charge is 0.308 e. The molecule has 1 N–H and O–H groups in total. The Morgan fingerprint density at radius 3 is 2.73 bits per heavy atom. The molecule has 0 aliphatic carbocycles. The lowest BCUT2D eigenvalue weighted by atomic mass is 9.99. The van der Waals surface area contributed by atoms with Crippen molar-refractivity contribution in [1.82, 2.24) is 5.32 Å². The van der Waals surface area contributed by atoms with Gasteiger partial charge < -0.3 is 5.32 Å². The summed E-state index contributed by atoms with van der Waals surface area (Å²) < 4.78 is 0. The topological polar surface area (TPSA) is 12.0 Å². The molecule has 0 aromatic heterocycles. The average molecular weight is 201 g/mol. The summed E-state index contributed by atoms with van der Waals surface area (Å²) in [6, 6.07) is 11.7. The Hall–Kier alpha value is -1.08. The zero-order valence-electron chi connectivity index (χ0n) is 9.32. The van der Waals surface area contributed by atoms with E-state index in [4.69, 9.17) is 0 Å². The van der Waals surface area contributed by atoms with Gasteiger partial charge in [-0.1, -0.05) is 48.9 Å². The van der Waals surface area contributed by atoms with Crippen LogP contribution in [0.5, 0.6) is 0 Å². The fraction of sp³-hybridized carbons (Fsp3) is 0.429. The van der Waals surface area contributed by atoms with Gasteiger partial charge in [0, 0.05) is 12.1 Å². The third-order valence-electron chi connectivity index (χ3n) is 2.97. The van der Waals surface area contributed by atoms with Crippen molar-refractivity contribution < 1.29 is 0 Å². The van der Waals surface area contributed by atoms with Crippen molar-refractivity contribution in [3.05, 3.63) is 42.0 Å². The van der Waals surface area contributed by atoms with E-state index in [9.17, 15) is 0 Å². The van der Waals surface area contributed by atoms with Crippen LogP contribution in [-0.2, 0) is 0 Å². The average Bonchev–Trinajstić information content (AvgIpc) is 2.28. The molecule has 2 rings (SSSR count). The van der Waals surface area contributed by atoms with Gasteiger partial charge in [-0.3, -0.25) is 0 Å². The molecule has 2 atom stereocenters. The van der Waals surface area contributed by atoms with Crippen LogP contribution in [0.25, 0.3) is 6.08 Å². The van der Waals surface area contributed by atoms with Crippen molar-refractivity contribution in [2.24, 2.45) is 0 Å². The summed E-state index contributed by atoms with van der Waals surface area (Å²) in [6.45, 7) is 2.27. The van der Waals surface area contributed by atoms with E-state index in [0.717, 1.165) is 0 Å². The van der Waals surface area contributed by atoms with Crippen LogP contribution in [0.3, 0.4) is 0 Å². The summed E-state index contributed by atoms with van der Waals surface area (Å²) in [4.78, 5) is 0. The summed E-state index contributed by atoms with van der Waals surface area (Å²) >= 11 is 0. The van der Waals surface area contributed by atoms with E-state index in [-0.39, 0.29) is 0 Å². The molecule has 0 radical (unpaired) electrons. The number of piperidine rings is 1. The molecule has 0 spiro atoms. The highest BCUT2D eigenvalue weighted by molar-refractivity contribution is 5.49. The molecular formula is C14H19N. The highest BCUT2D eigenvalue weighted by Gasteiger charge is 2.14. The Labute approximate surface area is 92.2 Å². The van der Waals surface area contributed by atoms with Crippen molar-refractivity contribution in [3.63, 3.8) is 0 Å². The van der Waals surface area contributed by atoms with Crippen molar-refractivity contribution in [1.29, 1.82) is 0 Å². The van der Waals surface area contributed by atoms with Gasteiger partial charge in [0.1, 0.15) is 0 Å². The van der Waals surface area contributed by atoms with Gasteiger partial charge in [0.25, 0.3) is 0 Å². The molecule has 1 aliphatic heterocycles. The SMILES string of the molecule is CC1CCCC(/C=C/c2ccccc2)N1. The monoisotopic (exact) mass is 201 g/mol. The van der Waals surface area contributed by atoms with Crippen LogP contribution >= 0.6 is 0 Å². The van der Waals surface area contributed by atoms with E-state index >= 15 is 0 Å². The standard InChI is InChI=1S/C14H19N/c1-12-6-5-9-14(15-12)11-10-13-7-3-2-4-8-13/h2-4,7-8,10-12,14-15H,5-6,9H2,1H3/b11-10+. The van der Waals surface area contributed by atoms with E-state index in [0.29, 0.717) is 12.1 Å². The maximum Gasteiger partial charge on any atom is 0.0255 e. The predicted molar refractivity (Wildman–Crippen MR) is 65.7 cm³/mol. The lowest BCUT2D eigenvalue weighted by molar-refractivity contribution is 0.375. The number of hydrogen-bond acceptors (Lipinski definition) is 1. The Bertz CT molecular complexity index is 315. The molecule has 15 heavy (non-hydrogen) atoms. The molecule has 1 saturated heterocycles. The summed E-state index contributed by atoms with van der Waals surface area (Å²) in [5.74, 6) is 0. The lowest BCUT2D eigenvalue weighted by Gasteiger charge is -2.26. The summed E-state index contributed by atoms with van der Waals surface area (Å²) in [5, 5.41) is 3.60. The maximum atomic E-state index is 3.60. The van der Waals surface area contributed by atoms with Crippen LogP contribution in [0.1, 0.15) is 31.7 Å². The molecular weight excluding hydrogens is 182 g/mol. The van der Waals surface area contributed by atoms with E-state index in [1.807, 2.05) is 0 Å². The molecule has 0 amide bonds. The molecule has 0 saturated carbocycles. The van der Waals surface area contributed by atoms with E-state index < -0.39 is 0 Å². The number of rotatable bonds is 2. The first-order valence-corrected chi connectivity index (χ1v) is 5.84. The molecule has 1 heteroatoms. The second-order valence-electron chi connectivity index (χ2n) is 4.37. The van der Waals surface area contributed by atoms with Gasteiger partial charge in [0.2, 0.25) is 0 Å². The molecule has 1 heterocycles. The van der Waals surface area contributed by atoms with E-state index in [1.165, 1.54) is 24.8 Å². The molecule has 1 aromatic carbocycles. The molecule has 0 bridgehead atoms. The summed E-state index contributed by atoms with van der Waals surface area (Å²) in [7, 11) is 0. The fourth-order valence-corrected chi connectivity index (χ4v) is 2.12. The first kappa shape index (κ1) is 10.4. The van der Waals surface area contributed by atoms with E-state index in [1.54, 1.807) is 0 Å². The van der Waals surface area contributed by atoms with Crippen molar-refractivity contribution >= 4 is 6.08 Å². The molecule has 1 aliphatic rings. The minimum Gasteiger partial charge on any atom is -0.308 e. The van der Waals surface area contributed by atoms with Gasteiger partial charge in [0.05, 0.1) is 0 Å². The van der Waals surface area contributed by atoms with Gasteiger partial charge in [-0.15, -0.1) is 0 Å². The molecule has 1 nitrogen and oxygen atoms in total. The molecule has 1 fully saturated rings. The third-order valence-corrected chi connectivity index (χ3v) is 2.97. The minimum absolute atomic E-state index is 0.564. The molecule has 1 aromatic rings. The first-order chi connectivity index (χ1) is 7.34. The zero-order chi connectivity index (χ0) is 10.5. The van der Waals surface area contributed by atoms with Crippen LogP contribution in [0.15, 0.2) is 36.4 Å². The Morgan fingerprint density at radius 1 is 1.20 bits per heavy atom. The first-order valence-electron chi connectivity index (χ1n) is 5.84. The Morgan fingerprint density at radius 2 is 2.00 bits per heavy atom. The smallest absolute Gasteiger partial charge is 0.0255 e. The number of nitrogens with one attached hydrogen (secondary N) is 1. The maximum absolute atomic E-state index is 3.60. The highest BCUT2D eigenvalue weighted by Crippen LogP contribution is 2.14. The summed E-state index contributed by atoms with van der Waals surface area (Å²) in [6.07, 6.45) is 8.45. The Balaban J connectivity index is 1.93. The van der Waals surface area contributed by atoms with Crippen molar-refractivity contribution in [3.8, 4) is 0 Å². The van der Waals surface area contributed by atoms with Gasteiger partial charge in [-0.05, 0) is 25.3 Å². The normalized spacial score (nSPS) is 27.0. The lowest BCUT2D eigenvalue weighted by Crippen LogP contribution is -2.39. The predicted octanol–water partition coefficient (Wildman–Crippen LogP) is 3.23. The van der Waals surface area contributed by atoms with Gasteiger partial charge >= 0.3 is 0 Å². The fourth-order valence-electron chi connectivity index (χ4n) is 2.12. The highest BCUT2D eigenvalue weighted by atomic mass is 14.9. The zero-order valence-corrected chi connectivity index (χ0v) is 9.32. The second kappa shape index (κ2) is 5.13. The van der Waals surface area contributed by atoms with Crippen LogP contribution in [0.2, 0.25) is 0 Å². The van der Waals surface area contributed by atoms with Crippen molar-refractivity contribution in [2.75, 3.05) is 0 Å². The van der Waals surface area contributed by atoms with Crippen LogP contribution in [0.4, 0.5) is 0 Å². The Kier molecular flexibility index (Phi) is 3.57. The molecule has 2 unspecified atom stereocenters. The van der Waals surface area contributed by atoms with E-state index in [2.05, 4.69) is 54.7 Å².